The summed E-state index contributed by atoms with van der Waals surface area (Å²) in [4.78, 5) is 29.8. The highest BCUT2D eigenvalue weighted by Crippen LogP contribution is 2.30. The highest BCUT2D eigenvalue weighted by Gasteiger charge is 2.36. The molecule has 0 aliphatic heterocycles. The van der Waals surface area contributed by atoms with Crippen LogP contribution in [0.15, 0.2) is 36.5 Å². The van der Waals surface area contributed by atoms with Gasteiger partial charge in [-0.3, -0.25) is 9.59 Å². The topological polar surface area (TPSA) is 45.6 Å². The van der Waals surface area contributed by atoms with E-state index in [1.807, 2.05) is 34.8 Å². The Bertz CT molecular complexity index is 890. The van der Waals surface area contributed by atoms with E-state index in [2.05, 4.69) is 13.8 Å². The van der Waals surface area contributed by atoms with Crippen molar-refractivity contribution in [3.63, 3.8) is 0 Å². The fourth-order valence-corrected chi connectivity index (χ4v) is 3.86. The number of carbonyl (C=O) groups is 2. The molecule has 1 fully saturated rings. The maximum absolute atomic E-state index is 13.2. The monoisotopic (exact) mass is 435 g/mol. The van der Waals surface area contributed by atoms with E-state index in [0.717, 1.165) is 18.5 Å². The minimum atomic E-state index is -0.217. The predicted octanol–water partition coefficient (Wildman–Crippen LogP) is 4.62. The molecule has 0 atom stereocenters. The number of amides is 2. The zero-order valence-electron chi connectivity index (χ0n) is 17.1. The minimum Gasteiger partial charge on any atom is -0.353 e. The Morgan fingerprint density at radius 3 is 2.48 bits per heavy atom. The molecule has 29 heavy (non-hydrogen) atoms. The third-order valence-corrected chi connectivity index (χ3v) is 5.61. The number of aryl methyl sites for hydroxylation is 1. The number of rotatable bonds is 8. The van der Waals surface area contributed by atoms with Gasteiger partial charge in [-0.05, 0) is 49.1 Å². The molecule has 0 saturated heterocycles. The highest BCUT2D eigenvalue weighted by atomic mass is 35.5. The van der Waals surface area contributed by atoms with Crippen LogP contribution in [0.1, 0.15) is 42.7 Å². The third-order valence-electron chi connectivity index (χ3n) is 5.06. The molecule has 1 aliphatic carbocycles. The summed E-state index contributed by atoms with van der Waals surface area (Å²) in [5.41, 5.74) is 1.44. The smallest absolute Gasteiger partial charge is 0.256 e. The average Bonchev–Trinajstić information content (AvgIpc) is 3.41. The highest BCUT2D eigenvalue weighted by molar-refractivity contribution is 6.36. The molecule has 0 bridgehead atoms. The molecule has 0 radical (unpaired) electrons. The third kappa shape index (κ3) is 5.55. The van der Waals surface area contributed by atoms with Crippen LogP contribution in [0.2, 0.25) is 10.0 Å². The number of nitrogens with zero attached hydrogens (tertiary/aromatic N) is 3. The summed E-state index contributed by atoms with van der Waals surface area (Å²) >= 11 is 12.2. The number of hydrogen-bond donors (Lipinski definition) is 0. The lowest BCUT2D eigenvalue weighted by Crippen LogP contribution is -2.45. The van der Waals surface area contributed by atoms with Crippen LogP contribution in [0.4, 0.5) is 0 Å². The summed E-state index contributed by atoms with van der Waals surface area (Å²) in [6, 6.07) is 8.91. The molecule has 156 valence electrons. The van der Waals surface area contributed by atoms with Crippen molar-refractivity contribution in [3.05, 3.63) is 57.8 Å². The largest absolute Gasteiger partial charge is 0.353 e. The lowest BCUT2D eigenvalue weighted by Gasteiger charge is -2.29. The van der Waals surface area contributed by atoms with E-state index in [0.29, 0.717) is 34.6 Å². The summed E-state index contributed by atoms with van der Waals surface area (Å²) in [7, 11) is 1.97. The molecular weight excluding hydrogens is 409 g/mol. The number of halogens is 2. The fourth-order valence-electron chi connectivity index (χ4n) is 3.37. The Labute approximate surface area is 182 Å². The molecule has 5 nitrogen and oxygen atoms in total. The zero-order chi connectivity index (χ0) is 21.1. The first-order valence-corrected chi connectivity index (χ1v) is 10.7. The van der Waals surface area contributed by atoms with Crippen LogP contribution in [-0.4, -0.2) is 45.3 Å². The minimum absolute atomic E-state index is 0.0507. The fraction of sp³-hybridized carbons (Fsp3) is 0.455. The first-order chi connectivity index (χ1) is 13.8. The van der Waals surface area contributed by atoms with Crippen molar-refractivity contribution in [2.24, 2.45) is 13.0 Å². The van der Waals surface area contributed by atoms with Gasteiger partial charge in [-0.1, -0.05) is 37.0 Å². The molecule has 0 N–H and O–H groups in total. The first-order valence-electron chi connectivity index (χ1n) is 9.90. The molecule has 1 aliphatic rings. The van der Waals surface area contributed by atoms with Crippen LogP contribution in [0.5, 0.6) is 0 Å². The van der Waals surface area contributed by atoms with Gasteiger partial charge in [-0.2, -0.15) is 0 Å². The molecule has 1 heterocycles. The molecule has 2 aromatic rings. The van der Waals surface area contributed by atoms with E-state index in [9.17, 15) is 9.59 Å². The molecule has 0 spiro atoms. The molecule has 7 heteroatoms. The van der Waals surface area contributed by atoms with Gasteiger partial charge >= 0.3 is 0 Å². The summed E-state index contributed by atoms with van der Waals surface area (Å²) in [6.07, 6.45) is 3.79. The normalized spacial score (nSPS) is 13.6. The predicted molar refractivity (Wildman–Crippen MR) is 116 cm³/mol. The summed E-state index contributed by atoms with van der Waals surface area (Å²) in [6.45, 7) is 5.39. The van der Waals surface area contributed by atoms with Crippen molar-refractivity contribution < 1.29 is 9.59 Å². The Balaban J connectivity index is 1.78. The van der Waals surface area contributed by atoms with Crippen molar-refractivity contribution in [1.29, 1.82) is 0 Å². The van der Waals surface area contributed by atoms with Crippen LogP contribution < -0.4 is 0 Å². The second-order valence-corrected chi connectivity index (χ2v) is 8.91. The van der Waals surface area contributed by atoms with Crippen molar-refractivity contribution >= 4 is 35.0 Å². The van der Waals surface area contributed by atoms with E-state index in [1.165, 1.54) is 0 Å². The van der Waals surface area contributed by atoms with Crippen LogP contribution in [0, 0.1) is 5.92 Å². The maximum atomic E-state index is 13.2. The SMILES string of the molecule is CC(C)CN(Cc1cccn1C)C(=O)CN(C(=O)c1ccc(Cl)cc1Cl)C1CC1. The van der Waals surface area contributed by atoms with Crippen LogP contribution >= 0.6 is 23.2 Å². The number of hydrogen-bond acceptors (Lipinski definition) is 2. The quantitative estimate of drug-likeness (QED) is 0.606. The Morgan fingerprint density at radius 2 is 1.93 bits per heavy atom. The first kappa shape index (κ1) is 21.7. The van der Waals surface area contributed by atoms with Gasteiger partial charge in [-0.25, -0.2) is 0 Å². The van der Waals surface area contributed by atoms with E-state index in [4.69, 9.17) is 23.2 Å². The molecule has 2 amide bonds. The van der Waals surface area contributed by atoms with Crippen LogP contribution in [-0.2, 0) is 18.4 Å². The standard InChI is InChI=1S/C22H27Cl2N3O2/c1-15(2)12-26(13-18-5-4-10-25(18)3)21(28)14-27(17-7-8-17)22(29)19-9-6-16(23)11-20(19)24/h4-6,9-11,15,17H,7-8,12-14H2,1-3H3. The van der Waals surface area contributed by atoms with Gasteiger partial charge in [0.15, 0.2) is 0 Å². The van der Waals surface area contributed by atoms with E-state index in [-0.39, 0.29) is 24.4 Å². The molecule has 3 rings (SSSR count). The van der Waals surface area contributed by atoms with Crippen molar-refractivity contribution in [2.75, 3.05) is 13.1 Å². The summed E-state index contributed by atoms with van der Waals surface area (Å²) in [5.74, 6) is 0.0612. The Morgan fingerprint density at radius 1 is 1.21 bits per heavy atom. The maximum Gasteiger partial charge on any atom is 0.256 e. The molecule has 1 aromatic heterocycles. The molecular formula is C22H27Cl2N3O2. The molecule has 1 saturated carbocycles. The second-order valence-electron chi connectivity index (χ2n) is 8.07. The van der Waals surface area contributed by atoms with E-state index in [1.54, 1.807) is 23.1 Å². The van der Waals surface area contributed by atoms with Crippen molar-refractivity contribution in [3.8, 4) is 0 Å². The molecule has 1 aromatic carbocycles. The summed E-state index contributed by atoms with van der Waals surface area (Å²) < 4.78 is 2.01. The second kappa shape index (κ2) is 9.23. The van der Waals surface area contributed by atoms with Gasteiger partial charge in [0.05, 0.1) is 17.1 Å². The lowest BCUT2D eigenvalue weighted by atomic mass is 10.1. The van der Waals surface area contributed by atoms with Gasteiger partial charge in [-0.15, -0.1) is 0 Å². The van der Waals surface area contributed by atoms with Gasteiger partial charge in [0.25, 0.3) is 5.91 Å². The van der Waals surface area contributed by atoms with E-state index >= 15 is 0 Å². The number of carbonyl (C=O) groups excluding carboxylic acids is 2. The average molecular weight is 436 g/mol. The number of benzene rings is 1. The van der Waals surface area contributed by atoms with Crippen molar-refractivity contribution in [1.82, 2.24) is 14.4 Å². The number of aromatic nitrogens is 1. The van der Waals surface area contributed by atoms with Crippen LogP contribution in [0.3, 0.4) is 0 Å². The van der Waals surface area contributed by atoms with Gasteiger partial charge in [0.1, 0.15) is 6.54 Å². The van der Waals surface area contributed by atoms with Crippen LogP contribution in [0.25, 0.3) is 0 Å². The Kier molecular flexibility index (Phi) is 6.91. The van der Waals surface area contributed by atoms with Gasteiger partial charge in [0, 0.05) is 36.5 Å². The zero-order valence-corrected chi connectivity index (χ0v) is 18.6. The van der Waals surface area contributed by atoms with Gasteiger partial charge in [0.2, 0.25) is 5.91 Å². The van der Waals surface area contributed by atoms with Crippen molar-refractivity contribution in [2.45, 2.75) is 39.3 Å². The van der Waals surface area contributed by atoms with E-state index < -0.39 is 0 Å². The Hall–Kier alpha value is -1.98. The lowest BCUT2D eigenvalue weighted by molar-refractivity contribution is -0.133. The summed E-state index contributed by atoms with van der Waals surface area (Å²) in [5, 5.41) is 0.787. The van der Waals surface area contributed by atoms with Gasteiger partial charge < -0.3 is 14.4 Å². The molecule has 0 unspecified atom stereocenters.